The maximum absolute atomic E-state index is 12.2. The van der Waals surface area contributed by atoms with Crippen LogP contribution in [0.2, 0.25) is 0 Å². The molecule has 3 heterocycles. The maximum atomic E-state index is 12.2. The molecule has 3 saturated heterocycles. The summed E-state index contributed by atoms with van der Waals surface area (Å²) in [6, 6.07) is -0.375. The lowest BCUT2D eigenvalue weighted by Crippen LogP contribution is -2.55. The molecule has 9 heteroatoms. The van der Waals surface area contributed by atoms with Crippen molar-refractivity contribution in [1.82, 2.24) is 20.9 Å². The van der Waals surface area contributed by atoms with E-state index >= 15 is 0 Å². The third-order valence-electron chi connectivity index (χ3n) is 5.86. The van der Waals surface area contributed by atoms with Crippen molar-refractivity contribution in [3.05, 3.63) is 0 Å². The number of hydrogen-bond acceptors (Lipinski definition) is 4. The first kappa shape index (κ1) is 22.6. The lowest BCUT2D eigenvalue weighted by atomic mass is 9.79. The number of nitrogens with one attached hydrogen (secondary N) is 3. The predicted molar refractivity (Wildman–Crippen MR) is 121 cm³/mol. The van der Waals surface area contributed by atoms with E-state index in [4.69, 9.17) is 4.99 Å². The first-order valence-electron chi connectivity index (χ1n) is 9.77. The zero-order valence-electron chi connectivity index (χ0n) is 16.3. The highest BCUT2D eigenvalue weighted by atomic mass is 127. The Balaban J connectivity index is 0.00000261. The Morgan fingerprint density at radius 2 is 1.93 bits per heavy atom. The van der Waals surface area contributed by atoms with Gasteiger partial charge in [-0.15, -0.1) is 24.0 Å². The Morgan fingerprint density at radius 3 is 2.48 bits per heavy atom. The third kappa shape index (κ3) is 5.42. The second kappa shape index (κ2) is 10.2. The van der Waals surface area contributed by atoms with Crippen LogP contribution < -0.4 is 16.0 Å². The Kier molecular flexibility index (Phi) is 8.51. The van der Waals surface area contributed by atoms with Gasteiger partial charge in [0.25, 0.3) is 5.91 Å². The first-order chi connectivity index (χ1) is 12.5. The minimum atomic E-state index is -0.779. The van der Waals surface area contributed by atoms with Gasteiger partial charge in [0.1, 0.15) is 5.54 Å². The monoisotopic (exact) mass is 509 g/mol. The number of thioether (sulfide) groups is 1. The number of rotatable bonds is 4. The number of halogens is 1. The molecular formula is C18H32IN5O2S. The van der Waals surface area contributed by atoms with E-state index in [9.17, 15) is 9.59 Å². The van der Waals surface area contributed by atoms with Gasteiger partial charge >= 0.3 is 6.03 Å². The van der Waals surface area contributed by atoms with Gasteiger partial charge in [0.2, 0.25) is 0 Å². The number of aliphatic imine (C=N–C) groups is 1. The molecule has 0 radical (unpaired) electrons. The molecule has 3 amide bonds. The van der Waals surface area contributed by atoms with Gasteiger partial charge < -0.3 is 15.5 Å². The Bertz CT molecular complexity index is 562. The van der Waals surface area contributed by atoms with Crippen molar-refractivity contribution in [3.63, 3.8) is 0 Å². The highest BCUT2D eigenvalue weighted by Gasteiger charge is 2.48. The van der Waals surface area contributed by atoms with Crippen molar-refractivity contribution < 1.29 is 9.59 Å². The zero-order valence-corrected chi connectivity index (χ0v) is 19.4. The summed E-state index contributed by atoms with van der Waals surface area (Å²) in [5.74, 6) is 4.18. The third-order valence-corrected chi connectivity index (χ3v) is 6.91. The molecule has 3 N–H and O–H groups in total. The van der Waals surface area contributed by atoms with Crippen LogP contribution in [0.3, 0.4) is 0 Å². The zero-order chi connectivity index (χ0) is 18.6. The van der Waals surface area contributed by atoms with E-state index in [1.54, 1.807) is 0 Å². The van der Waals surface area contributed by atoms with Crippen LogP contribution in [-0.4, -0.2) is 66.0 Å². The van der Waals surface area contributed by atoms with Gasteiger partial charge in [-0.1, -0.05) is 0 Å². The summed E-state index contributed by atoms with van der Waals surface area (Å²) in [6.45, 7) is 7.41. The Labute approximate surface area is 183 Å². The van der Waals surface area contributed by atoms with Gasteiger partial charge in [-0.3, -0.25) is 15.1 Å². The summed E-state index contributed by atoms with van der Waals surface area (Å²) in [5.41, 5.74) is -0.779. The van der Waals surface area contributed by atoms with Crippen molar-refractivity contribution in [2.45, 2.75) is 45.1 Å². The van der Waals surface area contributed by atoms with E-state index in [-0.39, 0.29) is 41.8 Å². The average Bonchev–Trinajstić information content (AvgIpc) is 2.92. The predicted octanol–water partition coefficient (Wildman–Crippen LogP) is 2.02. The van der Waals surface area contributed by atoms with Crippen molar-refractivity contribution >= 4 is 53.6 Å². The SMILES string of the molecule is CCNC(=NCC1CCSCC1)N1CCC(C2(C)NC(=O)NC2=O)CC1.I. The highest BCUT2D eigenvalue weighted by molar-refractivity contribution is 14.0. The van der Waals surface area contributed by atoms with Crippen LogP contribution in [0, 0.1) is 11.8 Å². The molecule has 0 bridgehead atoms. The second-order valence-electron chi connectivity index (χ2n) is 7.62. The lowest BCUT2D eigenvalue weighted by molar-refractivity contribution is -0.125. The van der Waals surface area contributed by atoms with Crippen LogP contribution in [-0.2, 0) is 4.79 Å². The number of urea groups is 1. The maximum Gasteiger partial charge on any atom is 0.322 e. The smallest absolute Gasteiger partial charge is 0.322 e. The molecular weight excluding hydrogens is 477 g/mol. The van der Waals surface area contributed by atoms with Gasteiger partial charge in [-0.2, -0.15) is 11.8 Å². The molecule has 0 aromatic carbocycles. The number of carbonyl (C=O) groups is 2. The first-order valence-corrected chi connectivity index (χ1v) is 10.9. The van der Waals surface area contributed by atoms with Crippen LogP contribution in [0.15, 0.2) is 4.99 Å². The van der Waals surface area contributed by atoms with Gasteiger partial charge in [-0.25, -0.2) is 4.79 Å². The molecule has 3 aliphatic rings. The van der Waals surface area contributed by atoms with E-state index in [0.717, 1.165) is 45.0 Å². The molecule has 0 aliphatic carbocycles. The molecule has 0 aromatic heterocycles. The summed E-state index contributed by atoms with van der Waals surface area (Å²) < 4.78 is 0. The second-order valence-corrected chi connectivity index (χ2v) is 8.85. The molecule has 27 heavy (non-hydrogen) atoms. The van der Waals surface area contributed by atoms with Crippen molar-refractivity contribution in [2.75, 3.05) is 37.7 Å². The van der Waals surface area contributed by atoms with Crippen molar-refractivity contribution in [1.29, 1.82) is 0 Å². The standard InChI is InChI=1S/C18H31N5O2S.HI/c1-3-19-16(20-12-13-6-10-26-11-7-13)23-8-4-14(5-9-23)18(2)15(24)21-17(25)22-18;/h13-14H,3-12H2,1-2H3,(H,19,20)(H2,21,22,24,25);1H. The van der Waals surface area contributed by atoms with Gasteiger partial charge in [-0.05, 0) is 62.9 Å². The molecule has 0 spiro atoms. The fourth-order valence-electron chi connectivity index (χ4n) is 4.08. The number of amides is 3. The highest BCUT2D eigenvalue weighted by Crippen LogP contribution is 2.30. The minimum absolute atomic E-state index is 0. The molecule has 3 rings (SSSR count). The quantitative estimate of drug-likeness (QED) is 0.234. The van der Waals surface area contributed by atoms with Crippen molar-refractivity contribution in [2.24, 2.45) is 16.8 Å². The van der Waals surface area contributed by atoms with E-state index in [1.807, 2.05) is 18.7 Å². The molecule has 0 saturated carbocycles. The van der Waals surface area contributed by atoms with E-state index in [1.165, 1.54) is 24.3 Å². The van der Waals surface area contributed by atoms with E-state index < -0.39 is 5.54 Å². The number of imide groups is 1. The molecule has 3 aliphatic heterocycles. The minimum Gasteiger partial charge on any atom is -0.357 e. The van der Waals surface area contributed by atoms with Gasteiger partial charge in [0.05, 0.1) is 0 Å². The van der Waals surface area contributed by atoms with Gasteiger partial charge in [0.15, 0.2) is 5.96 Å². The molecule has 7 nitrogen and oxygen atoms in total. The van der Waals surface area contributed by atoms with Crippen LogP contribution in [0.1, 0.15) is 39.5 Å². The normalized spacial score (nSPS) is 27.8. The van der Waals surface area contributed by atoms with E-state index in [2.05, 4.69) is 27.8 Å². The number of guanidine groups is 1. The molecule has 1 atom stereocenters. The van der Waals surface area contributed by atoms with Crippen LogP contribution in [0.4, 0.5) is 4.79 Å². The van der Waals surface area contributed by atoms with Crippen LogP contribution in [0.5, 0.6) is 0 Å². The fourth-order valence-corrected chi connectivity index (χ4v) is 5.29. The lowest BCUT2D eigenvalue weighted by Gasteiger charge is -2.39. The Hall–Kier alpha value is -0.710. The van der Waals surface area contributed by atoms with Crippen molar-refractivity contribution in [3.8, 4) is 0 Å². The van der Waals surface area contributed by atoms with E-state index in [0.29, 0.717) is 5.92 Å². The van der Waals surface area contributed by atoms with Crippen LogP contribution in [0.25, 0.3) is 0 Å². The summed E-state index contributed by atoms with van der Waals surface area (Å²) in [4.78, 5) is 30.9. The van der Waals surface area contributed by atoms with Gasteiger partial charge in [0, 0.05) is 26.2 Å². The molecule has 1 unspecified atom stereocenters. The summed E-state index contributed by atoms with van der Waals surface area (Å²) in [5, 5.41) is 8.62. The Morgan fingerprint density at radius 1 is 1.26 bits per heavy atom. The summed E-state index contributed by atoms with van der Waals surface area (Å²) in [6.07, 6.45) is 4.27. The largest absolute Gasteiger partial charge is 0.357 e. The summed E-state index contributed by atoms with van der Waals surface area (Å²) in [7, 11) is 0. The fraction of sp³-hybridized carbons (Fsp3) is 0.833. The number of piperidine rings is 1. The number of likely N-dealkylation sites (tertiary alicyclic amines) is 1. The van der Waals surface area contributed by atoms with Crippen LogP contribution >= 0.6 is 35.7 Å². The summed E-state index contributed by atoms with van der Waals surface area (Å²) >= 11 is 2.05. The molecule has 3 fully saturated rings. The average molecular weight is 509 g/mol. The topological polar surface area (TPSA) is 85.8 Å². The number of nitrogens with zero attached hydrogens (tertiary/aromatic N) is 2. The molecule has 154 valence electrons. The number of hydrogen-bond donors (Lipinski definition) is 3. The molecule has 0 aromatic rings. The number of carbonyl (C=O) groups excluding carboxylic acids is 2.